The number of nitrogens with zero attached hydrogens (tertiary/aromatic N) is 2. The summed E-state index contributed by atoms with van der Waals surface area (Å²) < 4.78 is 2.82. The fourth-order valence-corrected chi connectivity index (χ4v) is 5.86. The van der Waals surface area contributed by atoms with Crippen LogP contribution in [-0.2, 0) is 6.42 Å². The molecule has 1 saturated heterocycles. The molecule has 188 valence electrons. The van der Waals surface area contributed by atoms with Gasteiger partial charge in [0.25, 0.3) is 5.91 Å². The van der Waals surface area contributed by atoms with E-state index in [0.717, 1.165) is 43.3 Å². The number of hydrogen-bond donors (Lipinski definition) is 2. The van der Waals surface area contributed by atoms with Gasteiger partial charge in [0.1, 0.15) is 0 Å². The van der Waals surface area contributed by atoms with E-state index in [1.807, 2.05) is 36.6 Å². The van der Waals surface area contributed by atoms with Gasteiger partial charge >= 0.3 is 0 Å². The summed E-state index contributed by atoms with van der Waals surface area (Å²) in [6, 6.07) is 23.3. The summed E-state index contributed by atoms with van der Waals surface area (Å²) in [5, 5.41) is 4.57. The average molecular weight is 521 g/mol. The Bertz CT molecular complexity index is 1240. The van der Waals surface area contributed by atoms with Crippen LogP contribution in [0.15, 0.2) is 66.7 Å². The van der Waals surface area contributed by atoms with Gasteiger partial charge in [0, 0.05) is 60.1 Å². The molecular formula is C29H33ClN4OS. The van der Waals surface area contributed by atoms with Crippen molar-refractivity contribution in [2.24, 2.45) is 5.41 Å². The molecule has 1 unspecified atom stereocenters. The standard InChI is InChI=1S/C29H33ClN4OS/c1-29(2)19-22-17-21(28(35)32-36-3)7-12-26(22)31-27(29)20-5-4-6-25(18-20)34-15-13-33(14-16-34)24-10-8-23(30)9-11-24/h4-12,17-18,27,31H,13-16,19H2,1-3H3,(H,32,35). The molecule has 5 rings (SSSR count). The smallest absolute Gasteiger partial charge is 0.261 e. The topological polar surface area (TPSA) is 47.6 Å². The van der Waals surface area contributed by atoms with Gasteiger partial charge in [-0.15, -0.1) is 0 Å². The largest absolute Gasteiger partial charge is 0.377 e. The molecule has 3 aromatic rings. The van der Waals surface area contributed by atoms with Crippen LogP contribution in [0.5, 0.6) is 0 Å². The van der Waals surface area contributed by atoms with Gasteiger partial charge in [0.2, 0.25) is 0 Å². The van der Waals surface area contributed by atoms with Gasteiger partial charge in [-0.3, -0.25) is 9.52 Å². The van der Waals surface area contributed by atoms with Crippen LogP contribution in [0.4, 0.5) is 17.1 Å². The molecule has 2 aliphatic rings. The normalized spacial score (nSPS) is 18.8. The number of anilines is 3. The molecule has 0 radical (unpaired) electrons. The molecule has 2 N–H and O–H groups in total. The SMILES string of the molecule is CSNC(=O)c1ccc2c(c1)CC(C)(C)C(c1cccc(N3CCN(c4ccc(Cl)cc4)CC3)c1)N2. The molecule has 36 heavy (non-hydrogen) atoms. The first-order valence-electron chi connectivity index (χ1n) is 12.4. The minimum Gasteiger partial charge on any atom is -0.377 e. The van der Waals surface area contributed by atoms with Crippen LogP contribution in [0.25, 0.3) is 0 Å². The van der Waals surface area contributed by atoms with Crippen molar-refractivity contribution >= 4 is 46.5 Å². The second kappa shape index (κ2) is 10.3. The summed E-state index contributed by atoms with van der Waals surface area (Å²) >= 11 is 7.39. The predicted molar refractivity (Wildman–Crippen MR) is 154 cm³/mol. The lowest BCUT2D eigenvalue weighted by Gasteiger charge is -2.42. The number of carbonyl (C=O) groups is 1. The summed E-state index contributed by atoms with van der Waals surface area (Å²) in [4.78, 5) is 17.2. The first-order chi connectivity index (χ1) is 17.3. The second-order valence-corrected chi connectivity index (χ2v) is 11.3. The molecule has 1 atom stereocenters. The molecule has 3 aromatic carbocycles. The third kappa shape index (κ3) is 5.16. The Morgan fingerprint density at radius 3 is 2.36 bits per heavy atom. The van der Waals surface area contributed by atoms with E-state index in [1.54, 1.807) is 0 Å². The highest BCUT2D eigenvalue weighted by atomic mass is 35.5. The molecule has 2 aliphatic heterocycles. The first kappa shape index (κ1) is 24.8. The number of benzene rings is 3. The molecule has 1 fully saturated rings. The van der Waals surface area contributed by atoms with Crippen molar-refractivity contribution in [3.63, 3.8) is 0 Å². The van der Waals surface area contributed by atoms with Crippen molar-refractivity contribution in [2.75, 3.05) is 47.6 Å². The van der Waals surface area contributed by atoms with Crippen molar-refractivity contribution in [3.8, 4) is 0 Å². The molecular weight excluding hydrogens is 488 g/mol. The van der Waals surface area contributed by atoms with E-state index in [1.165, 1.54) is 34.4 Å². The predicted octanol–water partition coefficient (Wildman–Crippen LogP) is 6.41. The zero-order valence-electron chi connectivity index (χ0n) is 21.1. The number of hydrogen-bond acceptors (Lipinski definition) is 5. The third-order valence-corrected chi connectivity index (χ3v) is 7.97. The summed E-state index contributed by atoms with van der Waals surface area (Å²) in [6.45, 7) is 8.55. The Labute approximate surface area is 223 Å². The molecule has 5 nitrogen and oxygen atoms in total. The monoisotopic (exact) mass is 520 g/mol. The number of rotatable bonds is 5. The number of carbonyl (C=O) groups excluding carboxylic acids is 1. The Morgan fingerprint density at radius 2 is 1.67 bits per heavy atom. The lowest BCUT2D eigenvalue weighted by Crippen LogP contribution is -2.46. The van der Waals surface area contributed by atoms with Gasteiger partial charge in [-0.05, 0) is 77.6 Å². The zero-order chi connectivity index (χ0) is 25.3. The highest BCUT2D eigenvalue weighted by molar-refractivity contribution is 7.97. The average Bonchev–Trinajstić information content (AvgIpc) is 2.88. The summed E-state index contributed by atoms with van der Waals surface area (Å²) in [5.74, 6) is -0.0471. The van der Waals surface area contributed by atoms with Crippen LogP contribution in [0.1, 0.15) is 41.4 Å². The van der Waals surface area contributed by atoms with Crippen LogP contribution >= 0.6 is 23.5 Å². The summed E-state index contributed by atoms with van der Waals surface area (Å²) in [5.41, 5.74) is 6.81. The first-order valence-corrected chi connectivity index (χ1v) is 14.0. The van der Waals surface area contributed by atoms with Gasteiger partial charge < -0.3 is 15.1 Å². The van der Waals surface area contributed by atoms with Crippen molar-refractivity contribution in [1.29, 1.82) is 0 Å². The quantitative estimate of drug-likeness (QED) is 0.381. The van der Waals surface area contributed by atoms with Gasteiger partial charge in [0.05, 0.1) is 6.04 Å². The van der Waals surface area contributed by atoms with Crippen molar-refractivity contribution in [3.05, 3.63) is 88.4 Å². The van der Waals surface area contributed by atoms with E-state index in [4.69, 9.17) is 11.6 Å². The maximum absolute atomic E-state index is 12.3. The van der Waals surface area contributed by atoms with Crippen molar-refractivity contribution in [1.82, 2.24) is 4.72 Å². The van der Waals surface area contributed by atoms with Crippen LogP contribution in [0.3, 0.4) is 0 Å². The Hall–Kier alpha value is -2.83. The van der Waals surface area contributed by atoms with Crippen LogP contribution in [0, 0.1) is 5.41 Å². The third-order valence-electron chi connectivity index (χ3n) is 7.33. The maximum atomic E-state index is 12.3. The van der Waals surface area contributed by atoms with E-state index >= 15 is 0 Å². The lowest BCUT2D eigenvalue weighted by molar-refractivity contribution is 0.0984. The number of halogens is 1. The molecule has 2 heterocycles. The molecule has 0 saturated carbocycles. The lowest BCUT2D eigenvalue weighted by atomic mass is 9.72. The van der Waals surface area contributed by atoms with E-state index in [0.29, 0.717) is 5.56 Å². The van der Waals surface area contributed by atoms with Crippen molar-refractivity contribution < 1.29 is 4.79 Å². The number of fused-ring (bicyclic) bond motifs is 1. The molecule has 0 bridgehead atoms. The summed E-state index contributed by atoms with van der Waals surface area (Å²) in [6.07, 6.45) is 2.77. The van der Waals surface area contributed by atoms with E-state index in [-0.39, 0.29) is 17.4 Å². The minimum atomic E-state index is -0.0471. The second-order valence-electron chi connectivity index (χ2n) is 10.3. The fraction of sp³-hybridized carbons (Fsp3) is 0.345. The van der Waals surface area contributed by atoms with E-state index < -0.39 is 0 Å². The van der Waals surface area contributed by atoms with Crippen LogP contribution < -0.4 is 19.8 Å². The Kier molecular flexibility index (Phi) is 7.09. The van der Waals surface area contributed by atoms with E-state index in [2.05, 4.69) is 70.1 Å². The highest BCUT2D eigenvalue weighted by Crippen LogP contribution is 2.45. The van der Waals surface area contributed by atoms with Gasteiger partial charge in [-0.2, -0.15) is 0 Å². The maximum Gasteiger partial charge on any atom is 0.261 e. The molecule has 7 heteroatoms. The number of amides is 1. The highest BCUT2D eigenvalue weighted by Gasteiger charge is 2.36. The van der Waals surface area contributed by atoms with E-state index in [9.17, 15) is 4.79 Å². The zero-order valence-corrected chi connectivity index (χ0v) is 22.6. The number of piperazine rings is 1. The van der Waals surface area contributed by atoms with Crippen molar-refractivity contribution in [2.45, 2.75) is 26.3 Å². The molecule has 1 amide bonds. The van der Waals surface area contributed by atoms with Crippen LogP contribution in [0.2, 0.25) is 5.02 Å². The number of nitrogens with one attached hydrogen (secondary N) is 2. The van der Waals surface area contributed by atoms with Crippen LogP contribution in [-0.4, -0.2) is 38.3 Å². The molecule has 0 aromatic heterocycles. The van der Waals surface area contributed by atoms with Gasteiger partial charge in [-0.25, -0.2) is 0 Å². The summed E-state index contributed by atoms with van der Waals surface area (Å²) in [7, 11) is 0. The fourth-order valence-electron chi connectivity index (χ4n) is 5.43. The minimum absolute atomic E-state index is 0.00644. The van der Waals surface area contributed by atoms with Gasteiger partial charge in [0.15, 0.2) is 0 Å². The Balaban J connectivity index is 1.31. The Morgan fingerprint density at radius 1 is 0.972 bits per heavy atom. The van der Waals surface area contributed by atoms with Gasteiger partial charge in [-0.1, -0.05) is 49.5 Å². The molecule has 0 spiro atoms. The molecule has 0 aliphatic carbocycles.